The highest BCUT2D eigenvalue weighted by Gasteiger charge is 2.12. The van der Waals surface area contributed by atoms with Gasteiger partial charge in [0, 0.05) is 23.3 Å². The molecule has 0 saturated heterocycles. The number of hydrogen-bond donors (Lipinski definition) is 1. The molecule has 1 aromatic heterocycles. The normalized spacial score (nSPS) is 10.6. The summed E-state index contributed by atoms with van der Waals surface area (Å²) < 4.78 is 11.8. The molecule has 146 valence electrons. The number of fused-ring (bicyclic) bond motifs is 1. The number of aromatic nitrogens is 2. The van der Waals surface area contributed by atoms with E-state index in [-0.39, 0.29) is 18.0 Å². The van der Waals surface area contributed by atoms with Gasteiger partial charge in [-0.05, 0) is 18.2 Å². The summed E-state index contributed by atoms with van der Waals surface area (Å²) in [6.45, 7) is 0.422. The third kappa shape index (κ3) is 4.64. The number of carbonyl (C=O) groups excluding carboxylic acids is 1. The van der Waals surface area contributed by atoms with Crippen molar-refractivity contribution in [2.75, 3.05) is 26.5 Å². The number of benzene rings is 2. The Morgan fingerprint density at radius 3 is 2.57 bits per heavy atom. The largest absolute Gasteiger partial charge is 0.493 e. The van der Waals surface area contributed by atoms with E-state index in [9.17, 15) is 9.59 Å². The van der Waals surface area contributed by atoms with Crippen molar-refractivity contribution in [3.8, 4) is 11.5 Å². The van der Waals surface area contributed by atoms with Crippen LogP contribution in [0.1, 0.15) is 0 Å². The van der Waals surface area contributed by atoms with Crippen LogP contribution in [0.4, 0.5) is 0 Å². The first-order valence-electron chi connectivity index (χ1n) is 8.68. The Hall–Kier alpha value is -3.00. The Balaban J connectivity index is 1.64. The van der Waals surface area contributed by atoms with Crippen LogP contribution < -0.4 is 20.3 Å². The molecule has 3 aromatic rings. The minimum absolute atomic E-state index is 0.0911. The number of amides is 1. The average molecular weight is 399 g/mol. The number of nitrogens with one attached hydrogen (secondary N) is 1. The molecular weight excluding hydrogens is 378 g/mol. The molecule has 3 rings (SSSR count). The second-order valence-corrected chi connectivity index (χ2v) is 7.08. The lowest BCUT2D eigenvalue weighted by atomic mass is 10.2. The highest BCUT2D eigenvalue weighted by atomic mass is 32.2. The molecule has 0 fully saturated rings. The second kappa shape index (κ2) is 9.27. The van der Waals surface area contributed by atoms with Gasteiger partial charge in [-0.25, -0.2) is 4.98 Å². The van der Waals surface area contributed by atoms with Crippen LogP contribution in [0.25, 0.3) is 10.9 Å². The van der Waals surface area contributed by atoms with Gasteiger partial charge < -0.3 is 14.8 Å². The van der Waals surface area contributed by atoms with Crippen LogP contribution >= 0.6 is 11.8 Å². The maximum atomic E-state index is 12.7. The maximum absolute atomic E-state index is 12.7. The minimum Gasteiger partial charge on any atom is -0.493 e. The summed E-state index contributed by atoms with van der Waals surface area (Å²) in [5.74, 6) is 1.44. The van der Waals surface area contributed by atoms with E-state index in [0.717, 1.165) is 10.6 Å². The maximum Gasteiger partial charge on any atom is 0.261 e. The molecule has 1 heterocycles. The Labute approximate surface area is 166 Å². The minimum atomic E-state index is -0.306. The monoisotopic (exact) mass is 399 g/mol. The molecule has 0 saturated carbocycles. The van der Waals surface area contributed by atoms with Crippen LogP contribution in [-0.2, 0) is 11.3 Å². The molecule has 0 aliphatic heterocycles. The Kier molecular flexibility index (Phi) is 6.54. The lowest BCUT2D eigenvalue weighted by Crippen LogP contribution is -2.33. The standard InChI is InChI=1S/C20H21N3O4S/c1-26-17-10-15-16(11-18(17)27-2)22-13-23(20(15)25)12-19(24)21-8-9-28-14-6-4-3-5-7-14/h3-7,10-11,13H,8-9,12H2,1-2H3,(H,21,24). The number of ether oxygens (including phenoxy) is 2. The first-order valence-corrected chi connectivity index (χ1v) is 9.66. The smallest absolute Gasteiger partial charge is 0.261 e. The quantitative estimate of drug-likeness (QED) is 0.462. The van der Waals surface area contributed by atoms with Crippen LogP contribution in [0.2, 0.25) is 0 Å². The molecule has 0 spiro atoms. The van der Waals surface area contributed by atoms with Crippen LogP contribution in [0.3, 0.4) is 0 Å². The van der Waals surface area contributed by atoms with Gasteiger partial charge in [0.05, 0.1) is 31.4 Å². The zero-order chi connectivity index (χ0) is 19.9. The number of thioether (sulfide) groups is 1. The van der Waals surface area contributed by atoms with Crippen LogP contribution in [0, 0.1) is 0 Å². The summed E-state index contributed by atoms with van der Waals surface area (Å²) in [5.41, 5.74) is 0.179. The molecule has 0 radical (unpaired) electrons. The zero-order valence-corrected chi connectivity index (χ0v) is 16.5. The van der Waals surface area contributed by atoms with Gasteiger partial charge in [-0.2, -0.15) is 0 Å². The molecule has 1 N–H and O–H groups in total. The van der Waals surface area contributed by atoms with Crippen molar-refractivity contribution in [3.63, 3.8) is 0 Å². The van der Waals surface area contributed by atoms with E-state index in [0.29, 0.717) is 28.9 Å². The SMILES string of the molecule is COc1cc2ncn(CC(=O)NCCSc3ccccc3)c(=O)c2cc1OC. The van der Waals surface area contributed by atoms with Gasteiger partial charge in [0.25, 0.3) is 5.56 Å². The van der Waals surface area contributed by atoms with Crippen molar-refractivity contribution >= 4 is 28.6 Å². The summed E-state index contributed by atoms with van der Waals surface area (Å²) in [7, 11) is 3.02. The van der Waals surface area contributed by atoms with Crippen molar-refractivity contribution in [2.24, 2.45) is 0 Å². The van der Waals surface area contributed by atoms with Crippen LogP contribution in [0.5, 0.6) is 11.5 Å². The molecule has 7 nitrogen and oxygen atoms in total. The van der Waals surface area contributed by atoms with Crippen LogP contribution in [0.15, 0.2) is 58.5 Å². The van der Waals surface area contributed by atoms with Crippen molar-refractivity contribution in [2.45, 2.75) is 11.4 Å². The van der Waals surface area contributed by atoms with E-state index in [1.165, 1.54) is 25.1 Å². The van der Waals surface area contributed by atoms with E-state index in [4.69, 9.17) is 9.47 Å². The molecule has 2 aromatic carbocycles. The summed E-state index contributed by atoms with van der Waals surface area (Å²) in [4.78, 5) is 30.3. The van der Waals surface area contributed by atoms with E-state index in [1.54, 1.807) is 23.9 Å². The molecule has 0 unspecified atom stereocenters. The average Bonchev–Trinajstić information content (AvgIpc) is 2.73. The van der Waals surface area contributed by atoms with Crippen molar-refractivity contribution in [1.29, 1.82) is 0 Å². The molecule has 0 aliphatic carbocycles. The number of methoxy groups -OCH3 is 2. The summed E-state index contributed by atoms with van der Waals surface area (Å²) in [6.07, 6.45) is 1.37. The molecule has 1 amide bonds. The molecule has 0 bridgehead atoms. The predicted molar refractivity (Wildman–Crippen MR) is 109 cm³/mol. The van der Waals surface area contributed by atoms with Gasteiger partial charge in [-0.3, -0.25) is 14.2 Å². The first kappa shape index (κ1) is 19.8. The fraction of sp³-hybridized carbons (Fsp3) is 0.250. The summed E-state index contributed by atoms with van der Waals surface area (Å²) in [5, 5.41) is 3.19. The summed E-state index contributed by atoms with van der Waals surface area (Å²) >= 11 is 1.66. The van der Waals surface area contributed by atoms with Crippen molar-refractivity contribution in [1.82, 2.24) is 14.9 Å². The topological polar surface area (TPSA) is 82.5 Å². The van der Waals surface area contributed by atoms with Crippen molar-refractivity contribution < 1.29 is 14.3 Å². The highest BCUT2D eigenvalue weighted by Crippen LogP contribution is 2.29. The fourth-order valence-electron chi connectivity index (χ4n) is 2.68. The number of hydrogen-bond acceptors (Lipinski definition) is 6. The third-order valence-electron chi connectivity index (χ3n) is 4.08. The summed E-state index contributed by atoms with van der Waals surface area (Å²) in [6, 6.07) is 13.2. The van der Waals surface area contributed by atoms with E-state index in [2.05, 4.69) is 10.3 Å². The molecule has 28 heavy (non-hydrogen) atoms. The van der Waals surface area contributed by atoms with Gasteiger partial charge in [0.1, 0.15) is 6.54 Å². The highest BCUT2D eigenvalue weighted by molar-refractivity contribution is 7.99. The fourth-order valence-corrected chi connectivity index (χ4v) is 3.47. The second-order valence-electron chi connectivity index (χ2n) is 5.91. The van der Waals surface area contributed by atoms with Crippen molar-refractivity contribution in [3.05, 3.63) is 59.1 Å². The Morgan fingerprint density at radius 1 is 1.14 bits per heavy atom. The van der Waals surface area contributed by atoms with E-state index in [1.807, 2.05) is 30.3 Å². The molecule has 0 aliphatic rings. The number of nitrogens with zero attached hydrogens (tertiary/aromatic N) is 2. The lowest BCUT2D eigenvalue weighted by molar-refractivity contribution is -0.121. The molecule has 0 atom stereocenters. The lowest BCUT2D eigenvalue weighted by Gasteiger charge is -2.11. The van der Waals surface area contributed by atoms with Gasteiger partial charge >= 0.3 is 0 Å². The van der Waals surface area contributed by atoms with Gasteiger partial charge in [-0.15, -0.1) is 11.8 Å². The molecule has 8 heteroatoms. The number of rotatable bonds is 8. The van der Waals surface area contributed by atoms with Gasteiger partial charge in [-0.1, -0.05) is 18.2 Å². The number of carbonyl (C=O) groups is 1. The van der Waals surface area contributed by atoms with E-state index < -0.39 is 0 Å². The Morgan fingerprint density at radius 2 is 1.86 bits per heavy atom. The predicted octanol–water partition coefficient (Wildman–Crippen LogP) is 2.32. The zero-order valence-electron chi connectivity index (χ0n) is 15.7. The van der Waals surface area contributed by atoms with Crippen LogP contribution in [-0.4, -0.2) is 42.0 Å². The third-order valence-corrected chi connectivity index (χ3v) is 5.09. The van der Waals surface area contributed by atoms with Gasteiger partial charge in [0.15, 0.2) is 11.5 Å². The Bertz CT molecular complexity index is 1020. The molecular formula is C20H21N3O4S. The van der Waals surface area contributed by atoms with Gasteiger partial charge in [0.2, 0.25) is 5.91 Å². The first-order chi connectivity index (χ1) is 13.6. The van der Waals surface area contributed by atoms with E-state index >= 15 is 0 Å².